The SMILES string of the molecule is COc1ccc(CN2CCC(c3c[nH]c4cc(F)ccc34)CC2)cc1C(=O)O. The van der Waals surface area contributed by atoms with Gasteiger partial charge in [-0.3, -0.25) is 4.90 Å². The Balaban J connectivity index is 1.43. The molecule has 1 fully saturated rings. The summed E-state index contributed by atoms with van der Waals surface area (Å²) in [6.45, 7) is 2.59. The second kappa shape index (κ2) is 7.64. The lowest BCUT2D eigenvalue weighted by Crippen LogP contribution is -2.32. The lowest BCUT2D eigenvalue weighted by molar-refractivity contribution is 0.0693. The summed E-state index contributed by atoms with van der Waals surface area (Å²) in [4.78, 5) is 16.9. The summed E-state index contributed by atoms with van der Waals surface area (Å²) in [6, 6.07) is 10.2. The first kappa shape index (κ1) is 18.5. The number of piperidine rings is 1. The van der Waals surface area contributed by atoms with Crippen LogP contribution in [0.1, 0.15) is 40.2 Å². The van der Waals surface area contributed by atoms with Crippen molar-refractivity contribution in [3.05, 3.63) is 65.1 Å². The van der Waals surface area contributed by atoms with Crippen molar-refractivity contribution in [2.75, 3.05) is 20.2 Å². The van der Waals surface area contributed by atoms with E-state index in [1.54, 1.807) is 12.1 Å². The van der Waals surface area contributed by atoms with E-state index in [0.29, 0.717) is 11.7 Å². The molecule has 1 aliphatic heterocycles. The van der Waals surface area contributed by atoms with Crippen molar-refractivity contribution in [1.29, 1.82) is 0 Å². The number of halogens is 1. The van der Waals surface area contributed by atoms with Gasteiger partial charge in [0.25, 0.3) is 0 Å². The van der Waals surface area contributed by atoms with Gasteiger partial charge in [-0.1, -0.05) is 6.07 Å². The van der Waals surface area contributed by atoms with Crippen molar-refractivity contribution < 1.29 is 19.0 Å². The number of carbonyl (C=O) groups is 1. The molecule has 1 saturated heterocycles. The monoisotopic (exact) mass is 382 g/mol. The fraction of sp³-hybridized carbons (Fsp3) is 0.318. The molecule has 2 aromatic carbocycles. The van der Waals surface area contributed by atoms with Gasteiger partial charge >= 0.3 is 5.97 Å². The number of carboxylic acids is 1. The minimum atomic E-state index is -0.979. The third kappa shape index (κ3) is 3.60. The first-order valence-electron chi connectivity index (χ1n) is 9.44. The van der Waals surface area contributed by atoms with Crippen LogP contribution in [0.3, 0.4) is 0 Å². The van der Waals surface area contributed by atoms with Crippen LogP contribution in [0.5, 0.6) is 5.75 Å². The third-order valence-corrected chi connectivity index (χ3v) is 5.60. The minimum Gasteiger partial charge on any atom is -0.496 e. The number of hydrogen-bond donors (Lipinski definition) is 2. The molecule has 0 saturated carbocycles. The number of fused-ring (bicyclic) bond motifs is 1. The molecule has 28 heavy (non-hydrogen) atoms. The van der Waals surface area contributed by atoms with Crippen LogP contribution in [-0.2, 0) is 6.54 Å². The maximum Gasteiger partial charge on any atom is 0.339 e. The van der Waals surface area contributed by atoms with E-state index in [1.807, 2.05) is 18.3 Å². The maximum absolute atomic E-state index is 13.4. The van der Waals surface area contributed by atoms with Crippen LogP contribution in [0.15, 0.2) is 42.6 Å². The van der Waals surface area contributed by atoms with Crippen LogP contribution in [0.2, 0.25) is 0 Å². The molecule has 6 heteroatoms. The molecule has 0 amide bonds. The molecule has 0 radical (unpaired) electrons. The zero-order chi connectivity index (χ0) is 19.7. The summed E-state index contributed by atoms with van der Waals surface area (Å²) < 4.78 is 18.5. The average Bonchev–Trinajstić information content (AvgIpc) is 3.11. The Morgan fingerprint density at radius 2 is 2.04 bits per heavy atom. The Bertz CT molecular complexity index is 1010. The van der Waals surface area contributed by atoms with E-state index in [9.17, 15) is 14.3 Å². The zero-order valence-electron chi connectivity index (χ0n) is 15.7. The van der Waals surface area contributed by atoms with Gasteiger partial charge in [-0.05, 0) is 73.3 Å². The van der Waals surface area contributed by atoms with Gasteiger partial charge in [-0.25, -0.2) is 9.18 Å². The molecular formula is C22H23FN2O3. The topological polar surface area (TPSA) is 65.6 Å². The lowest BCUT2D eigenvalue weighted by atomic mass is 9.89. The molecule has 0 aliphatic carbocycles. The minimum absolute atomic E-state index is 0.195. The van der Waals surface area contributed by atoms with Crippen molar-refractivity contribution in [1.82, 2.24) is 9.88 Å². The Hall–Kier alpha value is -2.86. The highest BCUT2D eigenvalue weighted by Gasteiger charge is 2.23. The van der Waals surface area contributed by atoms with Crippen molar-refractivity contribution in [3.63, 3.8) is 0 Å². The van der Waals surface area contributed by atoms with E-state index < -0.39 is 5.97 Å². The van der Waals surface area contributed by atoms with Crippen molar-refractivity contribution in [2.24, 2.45) is 0 Å². The van der Waals surface area contributed by atoms with Gasteiger partial charge < -0.3 is 14.8 Å². The number of nitrogens with one attached hydrogen (secondary N) is 1. The fourth-order valence-electron chi connectivity index (χ4n) is 4.14. The van der Waals surface area contributed by atoms with E-state index in [0.717, 1.165) is 48.9 Å². The molecule has 5 nitrogen and oxygen atoms in total. The average molecular weight is 382 g/mol. The van der Waals surface area contributed by atoms with Gasteiger partial charge in [-0.2, -0.15) is 0 Å². The summed E-state index contributed by atoms with van der Waals surface area (Å²) in [7, 11) is 1.48. The number of ether oxygens (including phenoxy) is 1. The smallest absolute Gasteiger partial charge is 0.339 e. The van der Waals surface area contributed by atoms with Crippen molar-refractivity contribution >= 4 is 16.9 Å². The van der Waals surface area contributed by atoms with Crippen LogP contribution in [0.25, 0.3) is 10.9 Å². The second-order valence-corrected chi connectivity index (χ2v) is 7.32. The Labute approximate surface area is 162 Å². The molecule has 1 aromatic heterocycles. The number of H-pyrrole nitrogens is 1. The number of aromatic nitrogens is 1. The van der Waals surface area contributed by atoms with Gasteiger partial charge in [0.1, 0.15) is 17.1 Å². The number of hydrogen-bond acceptors (Lipinski definition) is 3. The Morgan fingerprint density at radius 1 is 1.25 bits per heavy atom. The first-order valence-corrected chi connectivity index (χ1v) is 9.44. The van der Waals surface area contributed by atoms with Gasteiger partial charge in [0, 0.05) is 23.6 Å². The van der Waals surface area contributed by atoms with Crippen molar-refractivity contribution in [2.45, 2.75) is 25.3 Å². The Morgan fingerprint density at radius 3 is 2.75 bits per heavy atom. The number of methoxy groups -OCH3 is 1. The predicted molar refractivity (Wildman–Crippen MR) is 105 cm³/mol. The molecule has 1 aliphatic rings. The highest BCUT2D eigenvalue weighted by Crippen LogP contribution is 2.34. The zero-order valence-corrected chi connectivity index (χ0v) is 15.7. The van der Waals surface area contributed by atoms with E-state index in [1.165, 1.54) is 24.8 Å². The van der Waals surface area contributed by atoms with Crippen LogP contribution in [-0.4, -0.2) is 41.2 Å². The molecule has 4 rings (SSSR count). The number of carboxylic acid groups (broad SMARTS) is 1. The Kier molecular flexibility index (Phi) is 5.05. The molecule has 0 atom stereocenters. The first-order chi connectivity index (χ1) is 13.5. The highest BCUT2D eigenvalue weighted by atomic mass is 19.1. The molecule has 2 N–H and O–H groups in total. The summed E-state index contributed by atoms with van der Waals surface area (Å²) in [5.41, 5.74) is 3.27. The predicted octanol–water partition coefficient (Wildman–Crippen LogP) is 4.39. The summed E-state index contributed by atoms with van der Waals surface area (Å²) in [5.74, 6) is -0.379. The largest absolute Gasteiger partial charge is 0.496 e. The fourth-order valence-corrected chi connectivity index (χ4v) is 4.14. The molecular weight excluding hydrogens is 359 g/mol. The molecule has 146 valence electrons. The van der Waals surface area contributed by atoms with Crippen LogP contribution >= 0.6 is 0 Å². The van der Waals surface area contributed by atoms with Gasteiger partial charge in [0.15, 0.2) is 0 Å². The van der Waals surface area contributed by atoms with Gasteiger partial charge in [0.2, 0.25) is 0 Å². The van der Waals surface area contributed by atoms with E-state index in [-0.39, 0.29) is 11.4 Å². The molecule has 3 aromatic rings. The second-order valence-electron chi connectivity index (χ2n) is 7.32. The number of nitrogens with zero attached hydrogens (tertiary/aromatic N) is 1. The lowest BCUT2D eigenvalue weighted by Gasteiger charge is -2.32. The van der Waals surface area contributed by atoms with E-state index in [4.69, 9.17) is 4.74 Å². The molecule has 0 bridgehead atoms. The summed E-state index contributed by atoms with van der Waals surface area (Å²) in [6.07, 6.45) is 4.05. The number of aromatic carboxylic acids is 1. The normalized spacial score (nSPS) is 15.8. The maximum atomic E-state index is 13.4. The third-order valence-electron chi connectivity index (χ3n) is 5.60. The number of benzene rings is 2. The number of rotatable bonds is 5. The van der Waals surface area contributed by atoms with Crippen LogP contribution in [0.4, 0.5) is 4.39 Å². The number of aromatic amines is 1. The molecule has 2 heterocycles. The standard InChI is InChI=1S/C22H23FN2O3/c1-28-21-5-2-14(10-18(21)22(26)27)13-25-8-6-15(7-9-25)19-12-24-20-11-16(23)3-4-17(19)20/h2-5,10-12,15,24H,6-9,13H2,1H3,(H,26,27). The quantitative estimate of drug-likeness (QED) is 0.687. The van der Waals surface area contributed by atoms with Gasteiger partial charge in [0.05, 0.1) is 7.11 Å². The van der Waals surface area contributed by atoms with E-state index in [2.05, 4.69) is 9.88 Å². The highest BCUT2D eigenvalue weighted by molar-refractivity contribution is 5.91. The molecule has 0 unspecified atom stereocenters. The molecule has 0 spiro atoms. The van der Waals surface area contributed by atoms with Crippen LogP contribution < -0.4 is 4.74 Å². The number of likely N-dealkylation sites (tertiary alicyclic amines) is 1. The van der Waals surface area contributed by atoms with Crippen molar-refractivity contribution in [3.8, 4) is 5.75 Å². The summed E-state index contributed by atoms with van der Waals surface area (Å²) in [5, 5.41) is 10.4. The van der Waals surface area contributed by atoms with Crippen LogP contribution in [0, 0.1) is 5.82 Å². The van der Waals surface area contributed by atoms with E-state index >= 15 is 0 Å². The summed E-state index contributed by atoms with van der Waals surface area (Å²) >= 11 is 0. The van der Waals surface area contributed by atoms with Gasteiger partial charge in [-0.15, -0.1) is 0 Å².